The van der Waals surface area contributed by atoms with Gasteiger partial charge in [0, 0.05) is 13.1 Å². The molecule has 0 bridgehead atoms. The van der Waals surface area contributed by atoms with Crippen molar-refractivity contribution in [3.63, 3.8) is 0 Å². The second-order valence-corrected chi connectivity index (χ2v) is 6.70. The Morgan fingerprint density at radius 2 is 2.12 bits per heavy atom. The van der Waals surface area contributed by atoms with E-state index >= 15 is 0 Å². The van der Waals surface area contributed by atoms with Gasteiger partial charge in [-0.1, -0.05) is 0 Å². The van der Waals surface area contributed by atoms with Crippen molar-refractivity contribution in [2.75, 3.05) is 27.2 Å². The number of nitrogens with one attached hydrogen (secondary N) is 1. The third-order valence-corrected chi connectivity index (χ3v) is 5.16. The lowest BCUT2D eigenvalue weighted by Gasteiger charge is -2.11. The molecule has 0 spiro atoms. The Morgan fingerprint density at radius 1 is 1.47 bits per heavy atom. The highest BCUT2D eigenvalue weighted by molar-refractivity contribution is 7.89. The monoisotopic (exact) mass is 278 g/mol. The topological polar surface area (TPSA) is 69.6 Å². The number of nitrogens with zero attached hydrogens (tertiary/aromatic N) is 1. The second-order valence-electron chi connectivity index (χ2n) is 4.03. The van der Waals surface area contributed by atoms with Crippen molar-refractivity contribution < 1.29 is 13.5 Å². The summed E-state index contributed by atoms with van der Waals surface area (Å²) in [7, 11) is 0.244. The maximum absolute atomic E-state index is 12.0. The summed E-state index contributed by atoms with van der Waals surface area (Å²) in [5.41, 5.74) is 0.677. The molecule has 1 heterocycles. The van der Waals surface area contributed by atoms with Gasteiger partial charge in [0.1, 0.15) is 4.90 Å². The van der Waals surface area contributed by atoms with E-state index in [2.05, 4.69) is 4.72 Å². The fourth-order valence-corrected chi connectivity index (χ4v) is 4.11. The first-order chi connectivity index (χ1) is 7.88. The predicted octanol–water partition coefficient (Wildman–Crippen LogP) is 0.389. The zero-order valence-electron chi connectivity index (χ0n) is 10.2. The van der Waals surface area contributed by atoms with Gasteiger partial charge in [0.25, 0.3) is 0 Å². The van der Waals surface area contributed by atoms with Gasteiger partial charge in [-0.3, -0.25) is 0 Å². The number of likely N-dealkylation sites (N-methyl/N-ethyl adjacent to an activating group) is 1. The summed E-state index contributed by atoms with van der Waals surface area (Å²) in [5.74, 6) is 0. The highest BCUT2D eigenvalue weighted by atomic mass is 32.2. The summed E-state index contributed by atoms with van der Waals surface area (Å²) < 4.78 is 26.6. The summed E-state index contributed by atoms with van der Waals surface area (Å²) >= 11 is 1.26. The first kappa shape index (κ1) is 14.6. The average Bonchev–Trinajstić information content (AvgIpc) is 2.59. The van der Waals surface area contributed by atoms with Crippen molar-refractivity contribution in [2.24, 2.45) is 0 Å². The van der Waals surface area contributed by atoms with Crippen LogP contribution in [0.15, 0.2) is 10.3 Å². The number of hydrogen-bond donors (Lipinski definition) is 2. The number of rotatable bonds is 6. The lowest BCUT2D eigenvalue weighted by Crippen LogP contribution is -2.31. The molecule has 5 nitrogen and oxygen atoms in total. The van der Waals surface area contributed by atoms with Crippen LogP contribution in [0, 0.1) is 6.92 Å². The summed E-state index contributed by atoms with van der Waals surface area (Å²) in [4.78, 5) is 2.61. The van der Waals surface area contributed by atoms with Gasteiger partial charge in [-0.05, 0) is 32.0 Å². The van der Waals surface area contributed by atoms with Crippen LogP contribution in [0.5, 0.6) is 0 Å². The number of aliphatic hydroxyl groups excluding tert-OH is 1. The Kier molecular flexibility index (Phi) is 5.08. The van der Waals surface area contributed by atoms with Crippen molar-refractivity contribution in [1.29, 1.82) is 0 Å². The van der Waals surface area contributed by atoms with E-state index in [4.69, 9.17) is 5.11 Å². The first-order valence-electron chi connectivity index (χ1n) is 5.20. The van der Waals surface area contributed by atoms with Crippen molar-refractivity contribution in [1.82, 2.24) is 9.62 Å². The van der Waals surface area contributed by atoms with Crippen LogP contribution in [0.2, 0.25) is 0 Å². The predicted molar refractivity (Wildman–Crippen MR) is 68.7 cm³/mol. The van der Waals surface area contributed by atoms with Crippen molar-refractivity contribution >= 4 is 21.4 Å². The average molecular weight is 278 g/mol. The molecule has 1 aromatic heterocycles. The van der Waals surface area contributed by atoms with Gasteiger partial charge in [0.15, 0.2) is 0 Å². The Balaban J connectivity index is 2.86. The molecule has 0 amide bonds. The molecule has 0 saturated heterocycles. The molecule has 0 aliphatic heterocycles. The maximum atomic E-state index is 12.0. The van der Waals surface area contributed by atoms with Crippen molar-refractivity contribution in [3.8, 4) is 0 Å². The van der Waals surface area contributed by atoms with Crippen molar-refractivity contribution in [3.05, 3.63) is 15.8 Å². The van der Waals surface area contributed by atoms with Gasteiger partial charge < -0.3 is 10.0 Å². The van der Waals surface area contributed by atoms with Crippen LogP contribution < -0.4 is 4.72 Å². The Bertz CT molecular complexity index is 466. The van der Waals surface area contributed by atoms with Crippen LogP contribution in [0.3, 0.4) is 0 Å². The smallest absolute Gasteiger partial charge is 0.242 e. The lowest BCUT2D eigenvalue weighted by molar-refractivity contribution is 0.282. The summed E-state index contributed by atoms with van der Waals surface area (Å²) in [6.45, 7) is 2.48. The maximum Gasteiger partial charge on any atom is 0.242 e. The second kappa shape index (κ2) is 5.92. The number of sulfonamides is 1. The summed E-state index contributed by atoms with van der Waals surface area (Å²) in [5, 5.41) is 10.9. The van der Waals surface area contributed by atoms with E-state index in [1.165, 1.54) is 11.3 Å². The highest BCUT2D eigenvalue weighted by Gasteiger charge is 2.22. The van der Waals surface area contributed by atoms with Crippen LogP contribution in [0.1, 0.15) is 10.4 Å². The molecule has 7 heteroatoms. The van der Waals surface area contributed by atoms with E-state index in [-0.39, 0.29) is 11.5 Å². The molecular weight excluding hydrogens is 260 g/mol. The minimum Gasteiger partial charge on any atom is -0.391 e. The zero-order valence-corrected chi connectivity index (χ0v) is 11.9. The number of aryl methyl sites for hydroxylation is 1. The number of hydrogen-bond acceptors (Lipinski definition) is 5. The quantitative estimate of drug-likeness (QED) is 0.790. The van der Waals surface area contributed by atoms with Gasteiger partial charge in [-0.15, -0.1) is 11.3 Å². The van der Waals surface area contributed by atoms with Gasteiger partial charge in [0.2, 0.25) is 10.0 Å². The molecule has 0 unspecified atom stereocenters. The third-order valence-electron chi connectivity index (χ3n) is 2.25. The molecule has 0 saturated carbocycles. The van der Waals surface area contributed by atoms with E-state index in [0.717, 1.165) is 0 Å². The highest BCUT2D eigenvalue weighted by Crippen LogP contribution is 2.26. The molecule has 17 heavy (non-hydrogen) atoms. The molecule has 0 fully saturated rings. The molecule has 0 aliphatic carbocycles. The van der Waals surface area contributed by atoms with Crippen LogP contribution in [0.4, 0.5) is 0 Å². The SMILES string of the molecule is Cc1csc(CO)c1S(=O)(=O)NCCN(C)C. The number of thiophene rings is 1. The molecule has 0 aromatic carbocycles. The van der Waals surface area contributed by atoms with Crippen LogP contribution in [-0.2, 0) is 16.6 Å². The Morgan fingerprint density at radius 3 is 2.65 bits per heavy atom. The van der Waals surface area contributed by atoms with Crippen LogP contribution >= 0.6 is 11.3 Å². The fraction of sp³-hybridized carbons (Fsp3) is 0.600. The zero-order chi connectivity index (χ0) is 13.1. The van der Waals surface area contributed by atoms with E-state index in [1.54, 1.807) is 12.3 Å². The molecule has 0 aliphatic rings. The largest absolute Gasteiger partial charge is 0.391 e. The molecule has 1 rings (SSSR count). The van der Waals surface area contributed by atoms with E-state index in [1.807, 2.05) is 19.0 Å². The summed E-state index contributed by atoms with van der Waals surface area (Å²) in [6, 6.07) is 0. The normalized spacial score (nSPS) is 12.3. The minimum atomic E-state index is -3.51. The van der Waals surface area contributed by atoms with Gasteiger partial charge in [0.05, 0.1) is 11.5 Å². The van der Waals surface area contributed by atoms with Crippen LogP contribution in [-0.4, -0.2) is 45.6 Å². The molecule has 1 aromatic rings. The van der Waals surface area contributed by atoms with Gasteiger partial charge in [-0.25, -0.2) is 13.1 Å². The van der Waals surface area contributed by atoms with Crippen molar-refractivity contribution in [2.45, 2.75) is 18.4 Å². The van der Waals surface area contributed by atoms with Gasteiger partial charge in [-0.2, -0.15) is 0 Å². The standard InChI is InChI=1S/C10H18N2O3S2/c1-8-7-16-9(6-13)10(8)17(14,15)11-4-5-12(2)3/h7,11,13H,4-6H2,1-3H3. The van der Waals surface area contributed by atoms with E-state index in [9.17, 15) is 8.42 Å². The minimum absolute atomic E-state index is 0.226. The molecular formula is C10H18N2O3S2. The van der Waals surface area contributed by atoms with Crippen LogP contribution in [0.25, 0.3) is 0 Å². The Hall–Kier alpha value is -0.470. The first-order valence-corrected chi connectivity index (χ1v) is 7.57. The van der Waals surface area contributed by atoms with Gasteiger partial charge >= 0.3 is 0 Å². The molecule has 0 atom stereocenters. The molecule has 2 N–H and O–H groups in total. The van der Waals surface area contributed by atoms with E-state index in [0.29, 0.717) is 23.5 Å². The Labute approximate surface area is 106 Å². The molecule has 98 valence electrons. The number of aliphatic hydroxyl groups is 1. The summed E-state index contributed by atoms with van der Waals surface area (Å²) in [6.07, 6.45) is 0. The lowest BCUT2D eigenvalue weighted by atomic mass is 10.3. The van der Waals surface area contributed by atoms with E-state index < -0.39 is 10.0 Å². The third kappa shape index (κ3) is 3.75. The molecule has 0 radical (unpaired) electrons. The fourth-order valence-electron chi connectivity index (χ4n) is 1.43.